The van der Waals surface area contributed by atoms with Crippen molar-refractivity contribution in [3.63, 3.8) is 0 Å². The number of ether oxygens (including phenoxy) is 2. The second-order valence-electron chi connectivity index (χ2n) is 7.39. The fourth-order valence-corrected chi connectivity index (χ4v) is 5.05. The number of nitrogens with one attached hydrogen (secondary N) is 1. The maximum Gasteiger partial charge on any atom is 0.266 e. The lowest BCUT2D eigenvalue weighted by molar-refractivity contribution is -0.112. The zero-order valence-corrected chi connectivity index (χ0v) is 18.6. The van der Waals surface area contributed by atoms with Gasteiger partial charge in [-0.05, 0) is 61.4 Å². The van der Waals surface area contributed by atoms with Gasteiger partial charge in [0.05, 0.1) is 19.3 Å². The van der Waals surface area contributed by atoms with Crippen LogP contribution >= 0.6 is 11.3 Å². The molecule has 3 N–H and O–H groups in total. The monoisotopic (exact) mass is 439 g/mol. The number of fused-ring (bicyclic) bond motifs is 1. The molecule has 2 amide bonds. The van der Waals surface area contributed by atoms with E-state index in [1.165, 1.54) is 24.5 Å². The molecule has 3 rings (SSSR count). The molecule has 1 atom stereocenters. The third-order valence-electron chi connectivity index (χ3n) is 5.15. The van der Waals surface area contributed by atoms with Gasteiger partial charge in [-0.3, -0.25) is 9.59 Å². The van der Waals surface area contributed by atoms with Crippen molar-refractivity contribution in [1.82, 2.24) is 0 Å². The van der Waals surface area contributed by atoms with Crippen LogP contribution in [0, 0.1) is 17.2 Å². The number of carbonyl (C=O) groups excluding carboxylic acids is 2. The third kappa shape index (κ3) is 4.89. The number of anilines is 1. The molecule has 162 valence electrons. The highest BCUT2D eigenvalue weighted by Gasteiger charge is 2.27. The Morgan fingerprint density at radius 3 is 2.81 bits per heavy atom. The fourth-order valence-electron chi connectivity index (χ4n) is 3.63. The Kier molecular flexibility index (Phi) is 6.98. The summed E-state index contributed by atoms with van der Waals surface area (Å²) in [5.74, 6) is 0.434. The Morgan fingerprint density at radius 1 is 1.39 bits per heavy atom. The van der Waals surface area contributed by atoms with E-state index < -0.39 is 11.8 Å². The van der Waals surface area contributed by atoms with E-state index in [1.54, 1.807) is 18.2 Å². The molecule has 0 bridgehead atoms. The lowest BCUT2D eigenvalue weighted by Gasteiger charge is -2.18. The molecule has 0 saturated carbocycles. The van der Waals surface area contributed by atoms with Gasteiger partial charge >= 0.3 is 0 Å². The predicted octanol–water partition coefficient (Wildman–Crippen LogP) is 3.92. The number of nitrogens with zero attached hydrogens (tertiary/aromatic N) is 1. The van der Waals surface area contributed by atoms with Crippen LogP contribution in [0.3, 0.4) is 0 Å². The average molecular weight is 440 g/mol. The van der Waals surface area contributed by atoms with Gasteiger partial charge in [0.1, 0.15) is 16.6 Å². The Labute approximate surface area is 185 Å². The van der Waals surface area contributed by atoms with Crippen LogP contribution in [0.1, 0.15) is 46.6 Å². The number of nitriles is 1. The molecule has 0 fully saturated rings. The molecule has 1 aromatic carbocycles. The van der Waals surface area contributed by atoms with E-state index in [0.29, 0.717) is 40.2 Å². The van der Waals surface area contributed by atoms with Crippen LogP contribution in [0.15, 0.2) is 23.8 Å². The van der Waals surface area contributed by atoms with Crippen LogP contribution in [0.25, 0.3) is 6.08 Å². The Morgan fingerprint density at radius 2 is 2.16 bits per heavy atom. The molecule has 0 radical (unpaired) electrons. The van der Waals surface area contributed by atoms with Crippen LogP contribution in [-0.4, -0.2) is 25.5 Å². The van der Waals surface area contributed by atoms with Gasteiger partial charge in [0.15, 0.2) is 11.5 Å². The highest BCUT2D eigenvalue weighted by molar-refractivity contribution is 7.17. The van der Waals surface area contributed by atoms with Crippen molar-refractivity contribution in [3.8, 4) is 17.6 Å². The zero-order valence-electron chi connectivity index (χ0n) is 17.8. The first kappa shape index (κ1) is 22.4. The molecule has 31 heavy (non-hydrogen) atoms. The highest BCUT2D eigenvalue weighted by Crippen LogP contribution is 2.39. The van der Waals surface area contributed by atoms with Gasteiger partial charge in [-0.15, -0.1) is 11.3 Å². The van der Waals surface area contributed by atoms with E-state index >= 15 is 0 Å². The maximum absolute atomic E-state index is 12.8. The normalized spacial score (nSPS) is 15.5. The van der Waals surface area contributed by atoms with Crippen molar-refractivity contribution in [2.24, 2.45) is 11.7 Å². The van der Waals surface area contributed by atoms with Crippen molar-refractivity contribution in [1.29, 1.82) is 5.26 Å². The van der Waals surface area contributed by atoms with Crippen LogP contribution in [-0.2, 0) is 17.6 Å². The van der Waals surface area contributed by atoms with E-state index in [9.17, 15) is 14.9 Å². The minimum atomic E-state index is -0.593. The summed E-state index contributed by atoms with van der Waals surface area (Å²) in [6.45, 7) is 4.52. The third-order valence-corrected chi connectivity index (χ3v) is 6.32. The van der Waals surface area contributed by atoms with Crippen molar-refractivity contribution < 1.29 is 19.1 Å². The number of methoxy groups -OCH3 is 1. The average Bonchev–Trinajstić information content (AvgIpc) is 3.09. The van der Waals surface area contributed by atoms with Crippen molar-refractivity contribution in [2.75, 3.05) is 19.0 Å². The molecule has 8 heteroatoms. The Balaban J connectivity index is 1.89. The van der Waals surface area contributed by atoms with Crippen molar-refractivity contribution >= 4 is 34.2 Å². The molecule has 0 unspecified atom stereocenters. The van der Waals surface area contributed by atoms with Gasteiger partial charge in [-0.25, -0.2) is 0 Å². The van der Waals surface area contributed by atoms with Gasteiger partial charge in [0.25, 0.3) is 11.8 Å². The number of nitrogens with two attached hydrogens (primary N) is 1. The van der Waals surface area contributed by atoms with Crippen LogP contribution in [0.4, 0.5) is 5.00 Å². The summed E-state index contributed by atoms with van der Waals surface area (Å²) < 4.78 is 10.8. The lowest BCUT2D eigenvalue weighted by atomic mass is 9.88. The van der Waals surface area contributed by atoms with E-state index in [4.69, 9.17) is 15.2 Å². The quantitative estimate of drug-likeness (QED) is 0.501. The number of carbonyl (C=O) groups is 2. The molecule has 1 heterocycles. The largest absolute Gasteiger partial charge is 0.493 e. The first-order valence-corrected chi connectivity index (χ1v) is 10.9. The first-order chi connectivity index (χ1) is 14.9. The Bertz CT molecular complexity index is 1080. The van der Waals surface area contributed by atoms with Gasteiger partial charge in [-0.2, -0.15) is 5.26 Å². The summed E-state index contributed by atoms with van der Waals surface area (Å²) in [6, 6.07) is 7.08. The molecule has 1 aliphatic rings. The standard InChI is InChI=1S/C23H25N3O4S/c1-4-30-17-8-6-14(11-18(17)29-3)10-15(12-24)22(28)26-23-20(21(25)27)16-7-5-13(2)9-19(16)31-23/h6,8,10-11,13H,4-5,7,9H2,1-3H3,(H2,25,27)(H,26,28)/b15-10+/t13-/m1/s1. The molecule has 0 saturated heterocycles. The summed E-state index contributed by atoms with van der Waals surface area (Å²) in [5.41, 5.74) is 7.41. The van der Waals surface area contributed by atoms with Gasteiger partial charge in [0.2, 0.25) is 0 Å². The van der Waals surface area contributed by atoms with E-state index in [1.807, 2.05) is 13.0 Å². The number of hydrogen-bond donors (Lipinski definition) is 2. The molecular weight excluding hydrogens is 414 g/mol. The second kappa shape index (κ2) is 9.67. The smallest absolute Gasteiger partial charge is 0.266 e. The summed E-state index contributed by atoms with van der Waals surface area (Å²) >= 11 is 1.36. The number of rotatable bonds is 7. The Hall–Kier alpha value is -3.31. The number of hydrogen-bond acceptors (Lipinski definition) is 6. The topological polar surface area (TPSA) is 114 Å². The van der Waals surface area contributed by atoms with Crippen molar-refractivity contribution in [3.05, 3.63) is 45.3 Å². The molecule has 2 aromatic rings. The number of primary amides is 1. The molecule has 1 aliphatic carbocycles. The molecule has 1 aromatic heterocycles. The minimum absolute atomic E-state index is 0.0960. The fraction of sp³-hybridized carbons (Fsp3) is 0.348. The summed E-state index contributed by atoms with van der Waals surface area (Å²) in [6.07, 6.45) is 4.05. The van der Waals surface area contributed by atoms with E-state index in [-0.39, 0.29) is 5.57 Å². The number of thiophene rings is 1. The highest BCUT2D eigenvalue weighted by atomic mass is 32.1. The second-order valence-corrected chi connectivity index (χ2v) is 8.49. The van der Waals surface area contributed by atoms with Crippen molar-refractivity contribution in [2.45, 2.75) is 33.1 Å². The van der Waals surface area contributed by atoms with Crippen LogP contribution in [0.2, 0.25) is 0 Å². The molecule has 7 nitrogen and oxygen atoms in total. The molecule has 0 aliphatic heterocycles. The van der Waals surface area contributed by atoms with Gasteiger partial charge in [-0.1, -0.05) is 13.0 Å². The van der Waals surface area contributed by atoms with E-state index in [0.717, 1.165) is 29.7 Å². The zero-order chi connectivity index (χ0) is 22.5. The minimum Gasteiger partial charge on any atom is -0.493 e. The van der Waals surface area contributed by atoms with Crippen LogP contribution in [0.5, 0.6) is 11.5 Å². The molecular formula is C23H25N3O4S. The number of amides is 2. The summed E-state index contributed by atoms with van der Waals surface area (Å²) in [7, 11) is 1.52. The van der Waals surface area contributed by atoms with E-state index in [2.05, 4.69) is 12.2 Å². The van der Waals surface area contributed by atoms with Crippen LogP contribution < -0.4 is 20.5 Å². The maximum atomic E-state index is 12.8. The number of benzene rings is 1. The SMILES string of the molecule is CCOc1ccc(/C=C(\C#N)C(=O)Nc2sc3c(c2C(N)=O)CC[C@@H](C)C3)cc1OC. The lowest BCUT2D eigenvalue weighted by Crippen LogP contribution is -2.19. The predicted molar refractivity (Wildman–Crippen MR) is 120 cm³/mol. The summed E-state index contributed by atoms with van der Waals surface area (Å²) in [4.78, 5) is 26.0. The first-order valence-electron chi connectivity index (χ1n) is 10.1. The van der Waals surface area contributed by atoms with Gasteiger partial charge in [0, 0.05) is 4.88 Å². The van der Waals surface area contributed by atoms with Gasteiger partial charge < -0.3 is 20.5 Å². The molecule has 0 spiro atoms. The summed E-state index contributed by atoms with van der Waals surface area (Å²) in [5, 5.41) is 12.7.